The Morgan fingerprint density at radius 3 is 1.91 bits per heavy atom. The van der Waals surface area contributed by atoms with Gasteiger partial charge in [-0.3, -0.25) is 4.98 Å². The van der Waals surface area contributed by atoms with Crippen molar-refractivity contribution in [1.29, 1.82) is 0 Å². The molecular weight excluding hydrogens is 524 g/mol. The van der Waals surface area contributed by atoms with Gasteiger partial charge in [0.05, 0.1) is 27.9 Å². The van der Waals surface area contributed by atoms with Crippen LogP contribution in [0.3, 0.4) is 0 Å². The molecule has 5 aromatic carbocycles. The van der Waals surface area contributed by atoms with Gasteiger partial charge in [-0.2, -0.15) is 0 Å². The Morgan fingerprint density at radius 2 is 1.12 bits per heavy atom. The van der Waals surface area contributed by atoms with Crippen LogP contribution >= 0.6 is 0 Å². The molecule has 43 heavy (non-hydrogen) atoms. The largest absolute Gasteiger partial charge is 0.251 e. The molecule has 4 nitrogen and oxygen atoms in total. The van der Waals surface area contributed by atoms with E-state index in [4.69, 9.17) is 19.1 Å². The molecule has 3 heterocycles. The standard InChI is InChI=1S/C39H26N4/c1-25-15-16-27-17-18-28-19-21-34(41-38(28)37(27)40-25)32-14-8-13-30(23-32)31-20-22-35-33(24-31)36(26-9-4-2-5-10-26)43-39(42-35)29-11-6-3-7-12-29/h2-24H,1H3/i1D3. The maximum absolute atomic E-state index is 7.84. The minimum Gasteiger partial charge on any atom is -0.251 e. The summed E-state index contributed by atoms with van der Waals surface area (Å²) in [6, 6.07) is 46.2. The van der Waals surface area contributed by atoms with Gasteiger partial charge in [-0.15, -0.1) is 0 Å². The molecule has 0 aliphatic carbocycles. The molecule has 0 saturated carbocycles. The lowest BCUT2D eigenvalue weighted by molar-refractivity contribution is 1.23. The molecule has 8 aromatic rings. The Labute approximate surface area is 253 Å². The summed E-state index contributed by atoms with van der Waals surface area (Å²) < 4.78 is 23.5. The molecule has 4 heteroatoms. The number of rotatable bonds is 4. The monoisotopic (exact) mass is 553 g/mol. The summed E-state index contributed by atoms with van der Waals surface area (Å²) in [5, 5.41) is 2.72. The lowest BCUT2D eigenvalue weighted by Crippen LogP contribution is -1.95. The van der Waals surface area contributed by atoms with Crippen molar-refractivity contribution in [2.24, 2.45) is 0 Å². The van der Waals surface area contributed by atoms with Gasteiger partial charge in [0.25, 0.3) is 0 Å². The molecule has 0 unspecified atom stereocenters. The van der Waals surface area contributed by atoms with Crippen molar-refractivity contribution < 1.29 is 4.11 Å². The molecule has 8 rings (SSSR count). The summed E-state index contributed by atoms with van der Waals surface area (Å²) in [4.78, 5) is 19.5. The Hall–Kier alpha value is -5.74. The highest BCUT2D eigenvalue weighted by Crippen LogP contribution is 2.34. The summed E-state index contributed by atoms with van der Waals surface area (Å²) in [5.41, 5.74) is 8.89. The van der Waals surface area contributed by atoms with Gasteiger partial charge in [0.1, 0.15) is 0 Å². The Bertz CT molecular complexity index is 2410. The van der Waals surface area contributed by atoms with E-state index in [1.165, 1.54) is 0 Å². The maximum atomic E-state index is 7.84. The molecule has 0 aliphatic rings. The first-order valence-corrected chi connectivity index (χ1v) is 14.2. The molecule has 0 aliphatic heterocycles. The van der Waals surface area contributed by atoms with Gasteiger partial charge in [0.2, 0.25) is 0 Å². The summed E-state index contributed by atoms with van der Waals surface area (Å²) >= 11 is 0. The van der Waals surface area contributed by atoms with E-state index < -0.39 is 6.85 Å². The molecule has 0 saturated heterocycles. The second-order valence-corrected chi connectivity index (χ2v) is 10.5. The molecule has 0 radical (unpaired) electrons. The second kappa shape index (κ2) is 10.3. The van der Waals surface area contributed by atoms with E-state index >= 15 is 0 Å². The van der Waals surface area contributed by atoms with Crippen LogP contribution in [0.1, 0.15) is 9.81 Å². The Kier molecular flexibility index (Phi) is 5.24. The van der Waals surface area contributed by atoms with Gasteiger partial charge in [-0.05, 0) is 48.3 Å². The zero-order valence-corrected chi connectivity index (χ0v) is 23.1. The molecule has 0 amide bonds. The van der Waals surface area contributed by atoms with Crippen molar-refractivity contribution in [3.05, 3.63) is 145 Å². The number of hydrogen-bond acceptors (Lipinski definition) is 4. The number of aromatic nitrogens is 4. The zero-order valence-electron chi connectivity index (χ0n) is 26.1. The number of pyridine rings is 2. The van der Waals surface area contributed by atoms with Crippen LogP contribution in [0.25, 0.3) is 77.7 Å². The number of hydrogen-bond donors (Lipinski definition) is 0. The van der Waals surface area contributed by atoms with E-state index in [-0.39, 0.29) is 5.69 Å². The van der Waals surface area contributed by atoms with E-state index in [1.807, 2.05) is 84.9 Å². The molecule has 0 atom stereocenters. The van der Waals surface area contributed by atoms with Crippen LogP contribution < -0.4 is 0 Å². The topological polar surface area (TPSA) is 51.6 Å². The smallest absolute Gasteiger partial charge is 0.160 e. The normalized spacial score (nSPS) is 12.7. The summed E-state index contributed by atoms with van der Waals surface area (Å²) in [6.45, 7) is -2.29. The molecule has 0 N–H and O–H groups in total. The minimum atomic E-state index is -2.29. The third-order valence-electron chi connectivity index (χ3n) is 7.79. The fourth-order valence-corrected chi connectivity index (χ4v) is 5.63. The van der Waals surface area contributed by atoms with Gasteiger partial charge in [0, 0.05) is 42.7 Å². The summed E-state index contributed by atoms with van der Waals surface area (Å²) in [5.74, 6) is 0.692. The van der Waals surface area contributed by atoms with E-state index in [0.29, 0.717) is 16.9 Å². The minimum absolute atomic E-state index is 0.0627. The first-order valence-electron chi connectivity index (χ1n) is 15.7. The van der Waals surface area contributed by atoms with Crippen LogP contribution in [0.4, 0.5) is 0 Å². The average molecular weight is 554 g/mol. The van der Waals surface area contributed by atoms with Crippen molar-refractivity contribution in [3.8, 4) is 45.0 Å². The van der Waals surface area contributed by atoms with Crippen LogP contribution in [0.2, 0.25) is 0 Å². The highest BCUT2D eigenvalue weighted by atomic mass is 14.9. The van der Waals surface area contributed by atoms with Crippen LogP contribution in [-0.2, 0) is 0 Å². The van der Waals surface area contributed by atoms with E-state index in [1.54, 1.807) is 12.1 Å². The lowest BCUT2D eigenvalue weighted by Gasteiger charge is -2.12. The lowest BCUT2D eigenvalue weighted by atomic mass is 9.98. The van der Waals surface area contributed by atoms with Crippen molar-refractivity contribution in [2.75, 3.05) is 0 Å². The molecule has 0 spiro atoms. The highest BCUT2D eigenvalue weighted by Gasteiger charge is 2.14. The Morgan fingerprint density at radius 1 is 0.465 bits per heavy atom. The third-order valence-corrected chi connectivity index (χ3v) is 7.79. The van der Waals surface area contributed by atoms with Crippen LogP contribution in [0.5, 0.6) is 0 Å². The highest BCUT2D eigenvalue weighted by molar-refractivity contribution is 6.03. The fourth-order valence-electron chi connectivity index (χ4n) is 5.63. The third kappa shape index (κ3) is 4.59. The van der Waals surface area contributed by atoms with Crippen molar-refractivity contribution in [3.63, 3.8) is 0 Å². The van der Waals surface area contributed by atoms with Crippen LogP contribution in [0, 0.1) is 6.85 Å². The average Bonchev–Trinajstić information content (AvgIpc) is 3.11. The van der Waals surface area contributed by atoms with Crippen LogP contribution in [-0.4, -0.2) is 19.9 Å². The van der Waals surface area contributed by atoms with Gasteiger partial charge in [0.15, 0.2) is 5.82 Å². The fraction of sp³-hybridized carbons (Fsp3) is 0.0256. The summed E-state index contributed by atoms with van der Waals surface area (Å²) in [7, 11) is 0. The van der Waals surface area contributed by atoms with E-state index in [9.17, 15) is 0 Å². The SMILES string of the molecule is [2H]C([2H])([2H])c1ccc2ccc3ccc(-c4cccc(-c5ccc6nc(-c7ccccc7)nc(-c7ccccc7)c6c5)c4)nc3c2n1. The molecule has 202 valence electrons. The summed E-state index contributed by atoms with van der Waals surface area (Å²) in [6.07, 6.45) is 0. The maximum Gasteiger partial charge on any atom is 0.160 e. The van der Waals surface area contributed by atoms with E-state index in [0.717, 1.165) is 60.9 Å². The quantitative estimate of drug-likeness (QED) is 0.204. The number of nitrogens with zero attached hydrogens (tertiary/aromatic N) is 4. The second-order valence-electron chi connectivity index (χ2n) is 10.5. The predicted molar refractivity (Wildman–Crippen MR) is 177 cm³/mol. The van der Waals surface area contributed by atoms with Gasteiger partial charge < -0.3 is 0 Å². The number of fused-ring (bicyclic) bond motifs is 4. The first kappa shape index (κ1) is 21.9. The first-order chi connectivity index (χ1) is 22.4. The van der Waals surface area contributed by atoms with Gasteiger partial charge in [-0.1, -0.05) is 109 Å². The molecule has 3 aromatic heterocycles. The number of aryl methyl sites for hydroxylation is 1. The predicted octanol–water partition coefficient (Wildman–Crippen LogP) is 9.70. The van der Waals surface area contributed by atoms with Crippen LogP contribution in [0.15, 0.2) is 140 Å². The molecule has 0 fully saturated rings. The zero-order chi connectivity index (χ0) is 31.3. The van der Waals surface area contributed by atoms with Gasteiger partial charge in [-0.25, -0.2) is 15.0 Å². The molecular formula is C39H26N4. The molecule has 0 bridgehead atoms. The van der Waals surface area contributed by atoms with Gasteiger partial charge >= 0.3 is 0 Å². The van der Waals surface area contributed by atoms with Crippen molar-refractivity contribution in [1.82, 2.24) is 19.9 Å². The Balaban J connectivity index is 1.25. The van der Waals surface area contributed by atoms with Crippen molar-refractivity contribution >= 4 is 32.7 Å². The van der Waals surface area contributed by atoms with Crippen molar-refractivity contribution in [2.45, 2.75) is 6.85 Å². The van der Waals surface area contributed by atoms with E-state index in [2.05, 4.69) is 47.4 Å². The number of benzene rings is 5.